The Morgan fingerprint density at radius 1 is 1.67 bits per heavy atom. The van der Waals surface area contributed by atoms with Gasteiger partial charge in [-0.25, -0.2) is 4.79 Å². The molecule has 2 rings (SSSR count). The largest absolute Gasteiger partial charge is 0.480 e. The molecule has 0 amide bonds. The summed E-state index contributed by atoms with van der Waals surface area (Å²) in [5.41, 5.74) is 0.502. The van der Waals surface area contributed by atoms with Gasteiger partial charge in [0.05, 0.1) is 5.69 Å². The van der Waals surface area contributed by atoms with Gasteiger partial charge >= 0.3 is 5.97 Å². The number of carbonyl (C=O) groups is 2. The third-order valence-electron chi connectivity index (χ3n) is 2.06. The molecule has 4 heteroatoms. The first-order valence-corrected chi connectivity index (χ1v) is 3.63. The second-order valence-electron chi connectivity index (χ2n) is 2.78. The Morgan fingerprint density at radius 3 is 3.08 bits per heavy atom. The Labute approximate surface area is 68.4 Å². The summed E-state index contributed by atoms with van der Waals surface area (Å²) in [7, 11) is 0. The number of Topliss-reactive ketones (excluding diaryl/α,β-unsaturated/α-hetero) is 1. The zero-order chi connectivity index (χ0) is 8.72. The van der Waals surface area contributed by atoms with Crippen molar-refractivity contribution < 1.29 is 14.7 Å². The van der Waals surface area contributed by atoms with E-state index in [2.05, 4.69) is 0 Å². The Hall–Kier alpha value is -1.58. The van der Waals surface area contributed by atoms with Crippen LogP contribution in [-0.2, 0) is 4.79 Å². The lowest BCUT2D eigenvalue weighted by atomic mass is 10.2. The first kappa shape index (κ1) is 7.09. The molecule has 1 aliphatic heterocycles. The van der Waals surface area contributed by atoms with Crippen LogP contribution in [0.1, 0.15) is 23.0 Å². The summed E-state index contributed by atoms with van der Waals surface area (Å²) in [6.07, 6.45) is 1.71. The van der Waals surface area contributed by atoms with Gasteiger partial charge in [0.1, 0.15) is 6.04 Å². The van der Waals surface area contributed by atoms with Crippen LogP contribution in [0.5, 0.6) is 0 Å². The molecule has 0 aromatic carbocycles. The molecule has 0 bridgehead atoms. The minimum absolute atomic E-state index is 0.0888. The first-order chi connectivity index (χ1) is 5.70. The summed E-state index contributed by atoms with van der Waals surface area (Å²) >= 11 is 0. The molecule has 0 radical (unpaired) electrons. The summed E-state index contributed by atoms with van der Waals surface area (Å²) in [5, 5.41) is 8.72. The molecule has 2 heterocycles. The van der Waals surface area contributed by atoms with Crippen LogP contribution < -0.4 is 0 Å². The van der Waals surface area contributed by atoms with Gasteiger partial charge in [-0.2, -0.15) is 0 Å². The maximum absolute atomic E-state index is 11.2. The van der Waals surface area contributed by atoms with Gasteiger partial charge in [0.25, 0.3) is 0 Å². The molecule has 0 saturated carbocycles. The topological polar surface area (TPSA) is 59.3 Å². The number of rotatable bonds is 1. The van der Waals surface area contributed by atoms with E-state index in [1.807, 2.05) is 0 Å². The highest BCUT2D eigenvalue weighted by atomic mass is 16.4. The smallest absolute Gasteiger partial charge is 0.327 e. The molecule has 62 valence electrons. The Morgan fingerprint density at radius 2 is 2.42 bits per heavy atom. The quantitative estimate of drug-likeness (QED) is 0.666. The lowest BCUT2D eigenvalue weighted by molar-refractivity contribution is -0.140. The third-order valence-corrected chi connectivity index (χ3v) is 2.06. The van der Waals surface area contributed by atoms with E-state index in [0.717, 1.165) is 0 Å². The highest BCUT2D eigenvalue weighted by molar-refractivity contribution is 6.00. The second-order valence-corrected chi connectivity index (χ2v) is 2.78. The number of aromatic nitrogens is 1. The van der Waals surface area contributed by atoms with Gasteiger partial charge in [0, 0.05) is 12.6 Å². The fourth-order valence-electron chi connectivity index (χ4n) is 1.49. The van der Waals surface area contributed by atoms with Crippen LogP contribution in [0.2, 0.25) is 0 Å². The molecule has 12 heavy (non-hydrogen) atoms. The van der Waals surface area contributed by atoms with E-state index in [1.54, 1.807) is 18.3 Å². The number of carboxylic acid groups (broad SMARTS) is 1. The van der Waals surface area contributed by atoms with Crippen molar-refractivity contribution in [3.8, 4) is 0 Å². The fraction of sp³-hybridized carbons (Fsp3) is 0.250. The standard InChI is InChI=1S/C8H7NO3/c10-7-4-6(8(11)12)9-3-1-2-5(7)9/h1-3,6H,4H2,(H,11,12). The van der Waals surface area contributed by atoms with Gasteiger partial charge < -0.3 is 9.67 Å². The molecule has 0 spiro atoms. The maximum atomic E-state index is 11.2. The zero-order valence-electron chi connectivity index (χ0n) is 6.23. The predicted octanol–water partition coefficient (Wildman–Crippen LogP) is 0.700. The first-order valence-electron chi connectivity index (χ1n) is 3.63. The molecule has 1 N–H and O–H groups in total. The molecule has 1 aromatic rings. The molecule has 1 aliphatic rings. The summed E-state index contributed by atoms with van der Waals surface area (Å²) in [4.78, 5) is 21.8. The van der Waals surface area contributed by atoms with Gasteiger partial charge in [-0.05, 0) is 12.1 Å². The minimum Gasteiger partial charge on any atom is -0.480 e. The average Bonchev–Trinajstić information content (AvgIpc) is 2.53. The SMILES string of the molecule is O=C1CC(C(=O)O)n2cccc21. The highest BCUT2D eigenvalue weighted by Gasteiger charge is 2.32. The van der Waals surface area contributed by atoms with Crippen molar-refractivity contribution in [3.05, 3.63) is 24.0 Å². The van der Waals surface area contributed by atoms with Crippen LogP contribution in [0.3, 0.4) is 0 Å². The molecule has 1 unspecified atom stereocenters. The molecule has 0 aliphatic carbocycles. The Bertz CT molecular complexity index is 353. The Kier molecular flexibility index (Phi) is 1.30. The van der Waals surface area contributed by atoms with Gasteiger partial charge in [-0.3, -0.25) is 4.79 Å². The Balaban J connectivity index is 2.48. The van der Waals surface area contributed by atoms with Crippen LogP contribution in [-0.4, -0.2) is 21.4 Å². The van der Waals surface area contributed by atoms with Crippen molar-refractivity contribution in [1.82, 2.24) is 4.57 Å². The van der Waals surface area contributed by atoms with Crippen molar-refractivity contribution in [2.75, 3.05) is 0 Å². The van der Waals surface area contributed by atoms with Crippen LogP contribution in [0.25, 0.3) is 0 Å². The molecule has 1 atom stereocenters. The monoisotopic (exact) mass is 165 g/mol. The third kappa shape index (κ3) is 0.777. The van der Waals surface area contributed by atoms with Crippen LogP contribution in [0.4, 0.5) is 0 Å². The van der Waals surface area contributed by atoms with Crippen molar-refractivity contribution in [2.24, 2.45) is 0 Å². The summed E-state index contributed by atoms with van der Waals surface area (Å²) in [5.74, 6) is -1.04. The summed E-state index contributed by atoms with van der Waals surface area (Å²) in [6.45, 7) is 0. The number of ketones is 1. The predicted molar refractivity (Wildman–Crippen MR) is 40.1 cm³/mol. The van der Waals surface area contributed by atoms with E-state index in [0.29, 0.717) is 5.69 Å². The van der Waals surface area contributed by atoms with E-state index >= 15 is 0 Å². The molecule has 0 saturated heterocycles. The van der Waals surface area contributed by atoms with Crippen LogP contribution >= 0.6 is 0 Å². The van der Waals surface area contributed by atoms with E-state index in [4.69, 9.17) is 5.11 Å². The minimum atomic E-state index is -0.946. The number of hydrogen-bond donors (Lipinski definition) is 1. The number of carboxylic acids is 1. The summed E-state index contributed by atoms with van der Waals surface area (Å²) in [6, 6.07) is 2.63. The van der Waals surface area contributed by atoms with Crippen LogP contribution in [0.15, 0.2) is 18.3 Å². The molecular formula is C8H7NO3. The number of aliphatic carboxylic acids is 1. The normalized spacial score (nSPS) is 21.0. The van der Waals surface area contributed by atoms with E-state index < -0.39 is 12.0 Å². The second kappa shape index (κ2) is 2.20. The molecule has 0 fully saturated rings. The molecular weight excluding hydrogens is 158 g/mol. The zero-order valence-corrected chi connectivity index (χ0v) is 6.23. The van der Waals surface area contributed by atoms with E-state index in [9.17, 15) is 9.59 Å². The number of carbonyl (C=O) groups excluding carboxylic acids is 1. The van der Waals surface area contributed by atoms with Gasteiger partial charge in [0.2, 0.25) is 0 Å². The maximum Gasteiger partial charge on any atom is 0.327 e. The number of nitrogens with zero attached hydrogens (tertiary/aromatic N) is 1. The lowest BCUT2D eigenvalue weighted by Gasteiger charge is -2.04. The van der Waals surface area contributed by atoms with Gasteiger partial charge in [-0.15, -0.1) is 0 Å². The summed E-state index contributed by atoms with van der Waals surface area (Å²) < 4.78 is 1.50. The van der Waals surface area contributed by atoms with E-state index in [1.165, 1.54) is 4.57 Å². The van der Waals surface area contributed by atoms with E-state index in [-0.39, 0.29) is 12.2 Å². The number of fused-ring (bicyclic) bond motifs is 1. The van der Waals surface area contributed by atoms with Gasteiger partial charge in [0.15, 0.2) is 5.78 Å². The molecule has 1 aromatic heterocycles. The van der Waals surface area contributed by atoms with Crippen LogP contribution in [0, 0.1) is 0 Å². The van der Waals surface area contributed by atoms with Crippen molar-refractivity contribution in [2.45, 2.75) is 12.5 Å². The lowest BCUT2D eigenvalue weighted by Crippen LogP contribution is -2.13. The molecule has 4 nitrogen and oxygen atoms in total. The van der Waals surface area contributed by atoms with Crippen molar-refractivity contribution in [3.63, 3.8) is 0 Å². The van der Waals surface area contributed by atoms with Crippen molar-refractivity contribution in [1.29, 1.82) is 0 Å². The fourth-order valence-corrected chi connectivity index (χ4v) is 1.49. The number of hydrogen-bond acceptors (Lipinski definition) is 2. The van der Waals surface area contributed by atoms with Crippen molar-refractivity contribution >= 4 is 11.8 Å². The van der Waals surface area contributed by atoms with Gasteiger partial charge in [-0.1, -0.05) is 0 Å². The highest BCUT2D eigenvalue weighted by Crippen LogP contribution is 2.25. The average molecular weight is 165 g/mol.